The van der Waals surface area contributed by atoms with E-state index in [-0.39, 0.29) is 27.1 Å². The normalized spacial score (nSPS) is 17.3. The van der Waals surface area contributed by atoms with Crippen molar-refractivity contribution in [1.29, 1.82) is 0 Å². The van der Waals surface area contributed by atoms with Crippen molar-refractivity contribution >= 4 is 46.3 Å². The molecular formula is C26H20Cl2FNO4. The number of aliphatic hydroxyl groups excluding tert-OH is 1. The van der Waals surface area contributed by atoms with Gasteiger partial charge in [-0.2, -0.15) is 0 Å². The van der Waals surface area contributed by atoms with Gasteiger partial charge in [0.2, 0.25) is 0 Å². The zero-order valence-electron chi connectivity index (χ0n) is 18.3. The maximum atomic E-state index is 14.0. The van der Waals surface area contributed by atoms with Gasteiger partial charge in [-0.1, -0.05) is 35.3 Å². The first kappa shape index (κ1) is 23.8. The van der Waals surface area contributed by atoms with Gasteiger partial charge in [0.05, 0.1) is 28.3 Å². The Morgan fingerprint density at radius 3 is 2.47 bits per heavy atom. The molecule has 34 heavy (non-hydrogen) atoms. The summed E-state index contributed by atoms with van der Waals surface area (Å²) in [6.45, 7) is 4.14. The third-order valence-corrected chi connectivity index (χ3v) is 6.28. The van der Waals surface area contributed by atoms with Gasteiger partial charge in [-0.05, 0) is 73.5 Å². The Labute approximate surface area is 206 Å². The molecule has 0 aromatic heterocycles. The second-order valence-electron chi connectivity index (χ2n) is 7.74. The molecule has 5 nitrogen and oxygen atoms in total. The number of halogens is 3. The number of amides is 1. The standard InChI is InChI=1S/C26H20Cl2FNO4/c1-3-34-21-10-8-16(11-14(21)2)24(31)22-23(15-7-9-19(27)20(28)12-15)30(26(33)25(22)32)18-6-4-5-17(29)13-18/h4-13,23,31H,3H2,1-2H3/b24-22-. The maximum absolute atomic E-state index is 14.0. The van der Waals surface area contributed by atoms with E-state index in [1.807, 2.05) is 13.8 Å². The second-order valence-corrected chi connectivity index (χ2v) is 8.55. The van der Waals surface area contributed by atoms with Crippen molar-refractivity contribution < 1.29 is 23.8 Å². The molecule has 1 saturated heterocycles. The Kier molecular flexibility index (Phi) is 6.64. The summed E-state index contributed by atoms with van der Waals surface area (Å²) in [5, 5.41) is 11.7. The summed E-state index contributed by atoms with van der Waals surface area (Å²) in [6.07, 6.45) is 0. The van der Waals surface area contributed by atoms with Crippen molar-refractivity contribution in [1.82, 2.24) is 0 Å². The largest absolute Gasteiger partial charge is 0.507 e. The number of rotatable bonds is 5. The molecule has 0 spiro atoms. The van der Waals surface area contributed by atoms with Gasteiger partial charge in [0.15, 0.2) is 0 Å². The Hall–Kier alpha value is -3.35. The number of carbonyl (C=O) groups excluding carboxylic acids is 2. The van der Waals surface area contributed by atoms with Crippen LogP contribution >= 0.6 is 23.2 Å². The van der Waals surface area contributed by atoms with Crippen LogP contribution in [-0.4, -0.2) is 23.4 Å². The van der Waals surface area contributed by atoms with Crippen molar-refractivity contribution in [2.75, 3.05) is 11.5 Å². The van der Waals surface area contributed by atoms with Gasteiger partial charge in [0.25, 0.3) is 11.7 Å². The number of anilines is 1. The summed E-state index contributed by atoms with van der Waals surface area (Å²) in [4.78, 5) is 27.5. The quantitative estimate of drug-likeness (QED) is 0.248. The van der Waals surface area contributed by atoms with Crippen LogP contribution in [0.15, 0.2) is 66.2 Å². The highest BCUT2D eigenvalue weighted by Crippen LogP contribution is 2.43. The number of ketones is 1. The number of aliphatic hydroxyl groups is 1. The van der Waals surface area contributed by atoms with Crippen LogP contribution in [0.25, 0.3) is 5.76 Å². The molecule has 4 rings (SSSR count). The minimum absolute atomic E-state index is 0.142. The average Bonchev–Trinajstić information content (AvgIpc) is 3.07. The third kappa shape index (κ3) is 4.27. The van der Waals surface area contributed by atoms with Gasteiger partial charge < -0.3 is 9.84 Å². The predicted octanol–water partition coefficient (Wildman–Crippen LogP) is 6.47. The number of hydrogen-bond acceptors (Lipinski definition) is 4. The SMILES string of the molecule is CCOc1ccc(/C(O)=C2/C(=O)C(=O)N(c3cccc(F)c3)C2c2ccc(Cl)c(Cl)c2)cc1C. The van der Waals surface area contributed by atoms with E-state index in [4.69, 9.17) is 27.9 Å². The molecule has 1 aliphatic rings. The molecule has 0 bridgehead atoms. The fourth-order valence-corrected chi connectivity index (χ4v) is 4.30. The van der Waals surface area contributed by atoms with E-state index >= 15 is 0 Å². The average molecular weight is 500 g/mol. The van der Waals surface area contributed by atoms with Gasteiger partial charge in [0, 0.05) is 11.3 Å². The topological polar surface area (TPSA) is 66.8 Å². The van der Waals surface area contributed by atoms with Gasteiger partial charge in [-0.25, -0.2) is 4.39 Å². The Morgan fingerprint density at radius 1 is 1.06 bits per heavy atom. The van der Waals surface area contributed by atoms with Crippen molar-refractivity contribution in [2.24, 2.45) is 0 Å². The highest BCUT2D eigenvalue weighted by molar-refractivity contribution is 6.51. The van der Waals surface area contributed by atoms with Gasteiger partial charge in [-0.15, -0.1) is 0 Å². The lowest BCUT2D eigenvalue weighted by molar-refractivity contribution is -0.132. The first-order chi connectivity index (χ1) is 16.2. The summed E-state index contributed by atoms with van der Waals surface area (Å²) in [5.41, 5.74) is 1.54. The minimum Gasteiger partial charge on any atom is -0.507 e. The van der Waals surface area contributed by atoms with E-state index in [1.54, 1.807) is 24.3 Å². The number of nitrogens with zero attached hydrogens (tertiary/aromatic N) is 1. The van der Waals surface area contributed by atoms with Crippen LogP contribution in [0.5, 0.6) is 5.75 Å². The molecule has 0 aliphatic carbocycles. The Bertz CT molecular complexity index is 1340. The number of ether oxygens (including phenoxy) is 1. The van der Waals surface area contributed by atoms with E-state index < -0.39 is 23.5 Å². The van der Waals surface area contributed by atoms with Crippen LogP contribution in [0.1, 0.15) is 29.7 Å². The number of Topliss-reactive ketones (excluding diaryl/α,β-unsaturated/α-hetero) is 1. The van der Waals surface area contributed by atoms with Crippen molar-refractivity contribution in [3.8, 4) is 5.75 Å². The van der Waals surface area contributed by atoms with Crippen LogP contribution in [0, 0.1) is 12.7 Å². The number of benzene rings is 3. The molecule has 1 atom stereocenters. The fraction of sp³-hybridized carbons (Fsp3) is 0.154. The van der Waals surface area contributed by atoms with E-state index in [9.17, 15) is 19.1 Å². The summed E-state index contributed by atoms with van der Waals surface area (Å²) in [6, 6.07) is 13.9. The van der Waals surface area contributed by atoms with E-state index in [0.717, 1.165) is 16.5 Å². The zero-order chi connectivity index (χ0) is 24.6. The van der Waals surface area contributed by atoms with E-state index in [1.165, 1.54) is 30.3 Å². The Balaban J connectivity index is 1.94. The summed E-state index contributed by atoms with van der Waals surface area (Å²) in [7, 11) is 0. The molecule has 174 valence electrons. The third-order valence-electron chi connectivity index (χ3n) is 5.54. The van der Waals surface area contributed by atoms with Crippen molar-refractivity contribution in [2.45, 2.75) is 19.9 Å². The Morgan fingerprint density at radius 2 is 1.82 bits per heavy atom. The van der Waals surface area contributed by atoms with Gasteiger partial charge in [0.1, 0.15) is 17.3 Å². The number of aryl methyl sites for hydroxylation is 1. The summed E-state index contributed by atoms with van der Waals surface area (Å²) < 4.78 is 19.6. The zero-order valence-corrected chi connectivity index (χ0v) is 19.8. The molecule has 0 saturated carbocycles. The highest BCUT2D eigenvalue weighted by Gasteiger charge is 2.47. The number of hydrogen-bond donors (Lipinski definition) is 1. The molecule has 8 heteroatoms. The lowest BCUT2D eigenvalue weighted by atomic mass is 9.94. The number of carbonyl (C=O) groups is 2. The van der Waals surface area contributed by atoms with E-state index in [2.05, 4.69) is 0 Å². The molecule has 0 radical (unpaired) electrons. The molecule has 1 N–H and O–H groups in total. The van der Waals surface area contributed by atoms with Crippen LogP contribution in [0.2, 0.25) is 10.0 Å². The fourth-order valence-electron chi connectivity index (χ4n) is 3.99. The van der Waals surface area contributed by atoms with E-state index in [0.29, 0.717) is 23.5 Å². The molecule has 3 aromatic rings. The van der Waals surface area contributed by atoms with Gasteiger partial charge >= 0.3 is 0 Å². The summed E-state index contributed by atoms with van der Waals surface area (Å²) >= 11 is 12.3. The van der Waals surface area contributed by atoms with Crippen LogP contribution in [0.3, 0.4) is 0 Å². The summed E-state index contributed by atoms with van der Waals surface area (Å²) in [5.74, 6) is -2.09. The predicted molar refractivity (Wildman–Crippen MR) is 130 cm³/mol. The van der Waals surface area contributed by atoms with Gasteiger partial charge in [-0.3, -0.25) is 14.5 Å². The first-order valence-electron chi connectivity index (χ1n) is 10.5. The molecule has 1 heterocycles. The smallest absolute Gasteiger partial charge is 0.300 e. The van der Waals surface area contributed by atoms with Crippen molar-refractivity contribution in [3.63, 3.8) is 0 Å². The highest BCUT2D eigenvalue weighted by atomic mass is 35.5. The van der Waals surface area contributed by atoms with Crippen LogP contribution in [-0.2, 0) is 9.59 Å². The minimum atomic E-state index is -1.05. The monoisotopic (exact) mass is 499 g/mol. The molecule has 1 amide bonds. The lowest BCUT2D eigenvalue weighted by Crippen LogP contribution is -2.29. The van der Waals surface area contributed by atoms with Crippen LogP contribution < -0.4 is 9.64 Å². The first-order valence-corrected chi connectivity index (χ1v) is 11.2. The lowest BCUT2D eigenvalue weighted by Gasteiger charge is -2.25. The molecule has 1 unspecified atom stereocenters. The molecule has 1 fully saturated rings. The second kappa shape index (κ2) is 9.49. The molecular weight excluding hydrogens is 480 g/mol. The molecule has 3 aromatic carbocycles. The van der Waals surface area contributed by atoms with Crippen molar-refractivity contribution in [3.05, 3.63) is 98.8 Å². The van der Waals surface area contributed by atoms with Crippen LogP contribution in [0.4, 0.5) is 10.1 Å². The maximum Gasteiger partial charge on any atom is 0.300 e. The molecule has 1 aliphatic heterocycles.